The van der Waals surface area contributed by atoms with Gasteiger partial charge in [0.1, 0.15) is 5.75 Å². The van der Waals surface area contributed by atoms with Gasteiger partial charge in [0, 0.05) is 0 Å². The summed E-state index contributed by atoms with van der Waals surface area (Å²) in [5.41, 5.74) is 1.81. The van der Waals surface area contributed by atoms with Crippen molar-refractivity contribution in [2.75, 3.05) is 0 Å². The van der Waals surface area contributed by atoms with Crippen molar-refractivity contribution in [3.8, 4) is 5.75 Å². The molecule has 3 rings (SSSR count). The van der Waals surface area contributed by atoms with E-state index in [1.54, 1.807) is 0 Å². The summed E-state index contributed by atoms with van der Waals surface area (Å²) in [4.78, 5) is 0. The highest BCUT2D eigenvalue weighted by molar-refractivity contribution is 5.42. The molecule has 1 saturated carbocycles. The topological polar surface area (TPSA) is 29.5 Å². The van der Waals surface area contributed by atoms with Gasteiger partial charge in [-0.05, 0) is 55.9 Å². The Morgan fingerprint density at radius 1 is 1.40 bits per heavy atom. The van der Waals surface area contributed by atoms with Gasteiger partial charge in [0.2, 0.25) is 0 Å². The number of aliphatic hydroxyl groups is 1. The Morgan fingerprint density at radius 3 is 2.93 bits per heavy atom. The molecule has 2 aliphatic rings. The fourth-order valence-electron chi connectivity index (χ4n) is 2.22. The van der Waals surface area contributed by atoms with Gasteiger partial charge in [0.05, 0.1) is 11.7 Å². The predicted octanol–water partition coefficient (Wildman–Crippen LogP) is 2.38. The van der Waals surface area contributed by atoms with Crippen LogP contribution in [0, 0.1) is 0 Å². The van der Waals surface area contributed by atoms with Gasteiger partial charge in [-0.2, -0.15) is 0 Å². The van der Waals surface area contributed by atoms with Crippen molar-refractivity contribution in [3.05, 3.63) is 29.3 Å². The molecule has 2 heteroatoms. The van der Waals surface area contributed by atoms with Crippen molar-refractivity contribution >= 4 is 0 Å². The molecule has 1 atom stereocenters. The van der Waals surface area contributed by atoms with Crippen LogP contribution in [0.1, 0.15) is 37.3 Å². The third-order valence-electron chi connectivity index (χ3n) is 3.47. The Labute approximate surface area is 89.9 Å². The molecular formula is C13H16O2. The first-order valence-corrected chi connectivity index (χ1v) is 5.70. The minimum Gasteiger partial charge on any atom is -0.490 e. The molecule has 0 aromatic heterocycles. The zero-order valence-electron chi connectivity index (χ0n) is 8.99. The van der Waals surface area contributed by atoms with Crippen LogP contribution in [0.25, 0.3) is 0 Å². The molecule has 15 heavy (non-hydrogen) atoms. The third-order valence-corrected chi connectivity index (χ3v) is 3.47. The number of rotatable bonds is 1. The quantitative estimate of drug-likeness (QED) is 0.761. The summed E-state index contributed by atoms with van der Waals surface area (Å²) in [5, 5.41) is 10.0. The lowest BCUT2D eigenvalue weighted by Crippen LogP contribution is -2.19. The van der Waals surface area contributed by atoms with Gasteiger partial charge in [0.15, 0.2) is 0 Å². The number of benzene rings is 1. The summed E-state index contributed by atoms with van der Waals surface area (Å²) >= 11 is 0. The Morgan fingerprint density at radius 2 is 2.20 bits per heavy atom. The van der Waals surface area contributed by atoms with E-state index >= 15 is 0 Å². The van der Waals surface area contributed by atoms with Crippen LogP contribution in [0.3, 0.4) is 0 Å². The lowest BCUT2D eigenvalue weighted by Gasteiger charge is -2.24. The first-order valence-electron chi connectivity index (χ1n) is 5.70. The van der Waals surface area contributed by atoms with Crippen LogP contribution in [0.2, 0.25) is 0 Å². The Hall–Kier alpha value is -1.02. The van der Waals surface area contributed by atoms with Crippen molar-refractivity contribution in [2.45, 2.75) is 44.3 Å². The molecule has 1 heterocycles. The van der Waals surface area contributed by atoms with Crippen LogP contribution in [0.4, 0.5) is 0 Å². The molecular weight excluding hydrogens is 188 g/mol. The number of hydrogen-bond donors (Lipinski definition) is 1. The summed E-state index contributed by atoms with van der Waals surface area (Å²) in [7, 11) is 0. The second-order valence-corrected chi connectivity index (χ2v) is 4.82. The van der Waals surface area contributed by atoms with Gasteiger partial charge >= 0.3 is 0 Å². The van der Waals surface area contributed by atoms with E-state index in [4.69, 9.17) is 4.74 Å². The zero-order valence-corrected chi connectivity index (χ0v) is 8.99. The minimum atomic E-state index is -0.516. The molecule has 2 nitrogen and oxygen atoms in total. The molecule has 0 spiro atoms. The van der Waals surface area contributed by atoms with E-state index in [2.05, 4.69) is 13.0 Å². The predicted molar refractivity (Wildman–Crippen MR) is 58.0 cm³/mol. The fourth-order valence-corrected chi connectivity index (χ4v) is 2.22. The average molecular weight is 204 g/mol. The Bertz CT molecular complexity index is 394. The summed E-state index contributed by atoms with van der Waals surface area (Å²) in [6.07, 6.45) is 4.29. The largest absolute Gasteiger partial charge is 0.490 e. The summed E-state index contributed by atoms with van der Waals surface area (Å²) in [6, 6.07) is 6.13. The highest BCUT2D eigenvalue weighted by Gasteiger charge is 2.42. The second kappa shape index (κ2) is 2.99. The molecule has 1 N–H and O–H groups in total. The summed E-state index contributed by atoms with van der Waals surface area (Å²) < 4.78 is 5.74. The molecule has 0 amide bonds. The van der Waals surface area contributed by atoms with Gasteiger partial charge in [0.25, 0.3) is 0 Å². The minimum absolute atomic E-state index is 0.326. The monoisotopic (exact) mass is 204 g/mol. The van der Waals surface area contributed by atoms with Crippen LogP contribution in [0.15, 0.2) is 18.2 Å². The lowest BCUT2D eigenvalue weighted by molar-refractivity contribution is 0.150. The van der Waals surface area contributed by atoms with E-state index in [0.717, 1.165) is 37.0 Å². The lowest BCUT2D eigenvalue weighted by atomic mass is 9.98. The molecule has 80 valence electrons. The highest BCUT2D eigenvalue weighted by Crippen LogP contribution is 2.46. The van der Waals surface area contributed by atoms with E-state index in [-0.39, 0.29) is 0 Å². The molecule has 0 saturated heterocycles. The molecule has 0 radical (unpaired) electrons. The van der Waals surface area contributed by atoms with Crippen LogP contribution < -0.4 is 4.74 Å². The number of fused-ring (bicyclic) bond motifs is 1. The van der Waals surface area contributed by atoms with Crippen molar-refractivity contribution in [2.24, 2.45) is 0 Å². The van der Waals surface area contributed by atoms with Crippen LogP contribution in [-0.2, 0) is 12.0 Å². The van der Waals surface area contributed by atoms with E-state index in [9.17, 15) is 5.11 Å². The maximum absolute atomic E-state index is 10.0. The molecule has 1 unspecified atom stereocenters. The van der Waals surface area contributed by atoms with Crippen molar-refractivity contribution in [3.63, 3.8) is 0 Å². The molecule has 1 aliphatic heterocycles. The van der Waals surface area contributed by atoms with Crippen molar-refractivity contribution < 1.29 is 9.84 Å². The van der Waals surface area contributed by atoms with Gasteiger partial charge in [-0.3, -0.25) is 0 Å². The maximum atomic E-state index is 10.0. The average Bonchev–Trinajstić information content (AvgIpc) is 2.97. The summed E-state index contributed by atoms with van der Waals surface area (Å²) in [6.45, 7) is 2.10. The van der Waals surface area contributed by atoms with E-state index in [1.165, 1.54) is 5.56 Å². The molecule has 0 bridgehead atoms. The Balaban J connectivity index is 1.96. The zero-order chi connectivity index (χ0) is 10.5. The molecule has 1 aliphatic carbocycles. The van der Waals surface area contributed by atoms with Crippen molar-refractivity contribution in [1.82, 2.24) is 0 Å². The van der Waals surface area contributed by atoms with Crippen LogP contribution in [-0.4, -0.2) is 11.2 Å². The molecule has 1 aromatic rings. The Kier molecular flexibility index (Phi) is 1.84. The SMILES string of the molecule is CC1CCc2cc(C3(O)CC3)ccc2O1. The number of hydrogen-bond acceptors (Lipinski definition) is 2. The van der Waals surface area contributed by atoms with E-state index in [1.807, 2.05) is 12.1 Å². The van der Waals surface area contributed by atoms with E-state index in [0.29, 0.717) is 6.10 Å². The van der Waals surface area contributed by atoms with Gasteiger partial charge < -0.3 is 9.84 Å². The number of aryl methyl sites for hydroxylation is 1. The second-order valence-electron chi connectivity index (χ2n) is 4.82. The van der Waals surface area contributed by atoms with Crippen LogP contribution in [0.5, 0.6) is 5.75 Å². The van der Waals surface area contributed by atoms with Gasteiger partial charge in [-0.1, -0.05) is 6.07 Å². The summed E-state index contributed by atoms with van der Waals surface area (Å²) in [5.74, 6) is 1.00. The van der Waals surface area contributed by atoms with Crippen LogP contribution >= 0.6 is 0 Å². The number of ether oxygens (including phenoxy) is 1. The highest BCUT2D eigenvalue weighted by atomic mass is 16.5. The maximum Gasteiger partial charge on any atom is 0.122 e. The van der Waals surface area contributed by atoms with E-state index < -0.39 is 5.60 Å². The normalized spacial score (nSPS) is 26.7. The molecule has 1 aromatic carbocycles. The van der Waals surface area contributed by atoms with Gasteiger partial charge in [-0.15, -0.1) is 0 Å². The molecule has 1 fully saturated rings. The third kappa shape index (κ3) is 1.53. The fraction of sp³-hybridized carbons (Fsp3) is 0.538. The first kappa shape index (κ1) is 9.22. The van der Waals surface area contributed by atoms with Crippen molar-refractivity contribution in [1.29, 1.82) is 0 Å². The van der Waals surface area contributed by atoms with Gasteiger partial charge in [-0.25, -0.2) is 0 Å². The first-order chi connectivity index (χ1) is 7.17. The smallest absolute Gasteiger partial charge is 0.122 e. The standard InChI is InChI=1S/C13H16O2/c1-9-2-3-10-8-11(13(14)6-7-13)4-5-12(10)15-9/h4-5,8-9,14H,2-3,6-7H2,1H3.